The minimum atomic E-state index is -0.224. The summed E-state index contributed by atoms with van der Waals surface area (Å²) in [5.41, 5.74) is 1.70. The van der Waals surface area contributed by atoms with Crippen molar-refractivity contribution in [1.29, 1.82) is 0 Å². The number of benzene rings is 1. The van der Waals surface area contributed by atoms with Crippen LogP contribution in [0.25, 0.3) is 0 Å². The number of rotatable bonds is 6. The summed E-state index contributed by atoms with van der Waals surface area (Å²) >= 11 is 6.05. The van der Waals surface area contributed by atoms with E-state index in [1.807, 2.05) is 25.1 Å². The number of aryl methyl sites for hydroxylation is 1. The fourth-order valence-electron chi connectivity index (χ4n) is 1.76. The average molecular weight is 284 g/mol. The summed E-state index contributed by atoms with van der Waals surface area (Å²) in [6.45, 7) is 9.62. The molecule has 0 saturated carbocycles. The van der Waals surface area contributed by atoms with Crippen molar-refractivity contribution >= 4 is 23.3 Å². The number of amides is 2. The van der Waals surface area contributed by atoms with Crippen LogP contribution in [0.1, 0.15) is 19.4 Å². The van der Waals surface area contributed by atoms with E-state index in [1.54, 1.807) is 0 Å². The first-order valence-electron chi connectivity index (χ1n) is 6.60. The Labute approximate surface area is 120 Å². The predicted octanol–water partition coefficient (Wildman–Crippen LogP) is 3.11. The fraction of sp³-hybridized carbons (Fsp3) is 0.500. The molecule has 0 aliphatic heterocycles. The van der Waals surface area contributed by atoms with Gasteiger partial charge in [0.05, 0.1) is 10.7 Å². The lowest BCUT2D eigenvalue weighted by Gasteiger charge is -2.18. The monoisotopic (exact) mass is 283 g/mol. The van der Waals surface area contributed by atoms with Crippen LogP contribution >= 0.6 is 11.6 Å². The Bertz CT molecular complexity index is 419. The van der Waals surface area contributed by atoms with Crippen LogP contribution < -0.4 is 10.6 Å². The molecule has 0 fully saturated rings. The molecule has 0 heterocycles. The van der Waals surface area contributed by atoms with Crippen LogP contribution in [0.3, 0.4) is 0 Å². The molecule has 0 unspecified atom stereocenters. The normalized spacial score (nSPS) is 10.6. The molecular formula is C14H22ClN3O. The van der Waals surface area contributed by atoms with Crippen molar-refractivity contribution in [3.8, 4) is 0 Å². The zero-order valence-corrected chi connectivity index (χ0v) is 12.5. The SMILES string of the molecule is CCN(CC)CCNC(=O)Nc1ccc(C)cc1Cl. The van der Waals surface area contributed by atoms with E-state index in [-0.39, 0.29) is 6.03 Å². The Kier molecular flexibility index (Phi) is 6.67. The molecule has 2 N–H and O–H groups in total. The van der Waals surface area contributed by atoms with Gasteiger partial charge in [0.25, 0.3) is 0 Å². The summed E-state index contributed by atoms with van der Waals surface area (Å²) in [6, 6.07) is 5.32. The molecule has 1 aromatic carbocycles. The molecule has 0 aromatic heterocycles. The highest BCUT2D eigenvalue weighted by atomic mass is 35.5. The van der Waals surface area contributed by atoms with Crippen molar-refractivity contribution in [2.45, 2.75) is 20.8 Å². The van der Waals surface area contributed by atoms with Crippen molar-refractivity contribution in [1.82, 2.24) is 10.2 Å². The van der Waals surface area contributed by atoms with Crippen LogP contribution in [-0.2, 0) is 0 Å². The number of nitrogens with one attached hydrogen (secondary N) is 2. The molecule has 0 aliphatic rings. The van der Waals surface area contributed by atoms with Crippen molar-refractivity contribution in [2.75, 3.05) is 31.5 Å². The first kappa shape index (κ1) is 15.8. The van der Waals surface area contributed by atoms with Gasteiger partial charge >= 0.3 is 6.03 Å². The number of anilines is 1. The summed E-state index contributed by atoms with van der Waals surface area (Å²) in [5, 5.41) is 6.12. The number of likely N-dealkylation sites (N-methyl/N-ethyl adjacent to an activating group) is 1. The third kappa shape index (κ3) is 5.49. The van der Waals surface area contributed by atoms with E-state index in [0.29, 0.717) is 17.3 Å². The molecule has 4 nitrogen and oxygen atoms in total. The number of hydrogen-bond acceptors (Lipinski definition) is 2. The van der Waals surface area contributed by atoms with Gasteiger partial charge in [-0.25, -0.2) is 4.79 Å². The Hall–Kier alpha value is -1.26. The Morgan fingerprint density at radius 3 is 2.58 bits per heavy atom. The molecule has 2 amide bonds. The molecule has 1 rings (SSSR count). The van der Waals surface area contributed by atoms with Gasteiger partial charge < -0.3 is 15.5 Å². The Morgan fingerprint density at radius 1 is 1.32 bits per heavy atom. The number of hydrogen-bond donors (Lipinski definition) is 2. The zero-order valence-electron chi connectivity index (χ0n) is 11.8. The standard InChI is InChI=1S/C14H22ClN3O/c1-4-18(5-2)9-8-16-14(19)17-13-7-6-11(3)10-12(13)15/h6-7,10H,4-5,8-9H2,1-3H3,(H2,16,17,19). The smallest absolute Gasteiger partial charge is 0.319 e. The number of halogens is 1. The van der Waals surface area contributed by atoms with Gasteiger partial charge in [0.1, 0.15) is 0 Å². The van der Waals surface area contributed by atoms with E-state index >= 15 is 0 Å². The third-order valence-electron chi connectivity index (χ3n) is 2.98. The number of urea groups is 1. The molecular weight excluding hydrogens is 262 g/mol. The van der Waals surface area contributed by atoms with Crippen LogP contribution in [0, 0.1) is 6.92 Å². The highest BCUT2D eigenvalue weighted by Gasteiger charge is 2.06. The van der Waals surface area contributed by atoms with Gasteiger partial charge in [0, 0.05) is 13.1 Å². The van der Waals surface area contributed by atoms with Gasteiger partial charge in [-0.1, -0.05) is 31.5 Å². The zero-order chi connectivity index (χ0) is 14.3. The summed E-state index contributed by atoms with van der Waals surface area (Å²) < 4.78 is 0. The van der Waals surface area contributed by atoms with Crippen LogP contribution in [-0.4, -0.2) is 37.1 Å². The van der Waals surface area contributed by atoms with Crippen molar-refractivity contribution in [2.24, 2.45) is 0 Å². The van der Waals surface area contributed by atoms with Crippen LogP contribution in [0.5, 0.6) is 0 Å². The second-order valence-corrected chi connectivity index (χ2v) is 4.80. The van der Waals surface area contributed by atoms with Crippen molar-refractivity contribution in [3.63, 3.8) is 0 Å². The molecule has 0 radical (unpaired) electrons. The molecule has 0 atom stereocenters. The first-order chi connectivity index (χ1) is 9.06. The molecule has 1 aromatic rings. The first-order valence-corrected chi connectivity index (χ1v) is 6.98. The molecule has 0 spiro atoms. The van der Waals surface area contributed by atoms with Crippen molar-refractivity contribution in [3.05, 3.63) is 28.8 Å². The Morgan fingerprint density at radius 2 is 2.00 bits per heavy atom. The maximum atomic E-state index is 11.7. The molecule has 0 aliphatic carbocycles. The summed E-state index contributed by atoms with van der Waals surface area (Å²) in [5.74, 6) is 0. The van der Waals surface area contributed by atoms with Gasteiger partial charge in [-0.3, -0.25) is 0 Å². The minimum absolute atomic E-state index is 0.224. The third-order valence-corrected chi connectivity index (χ3v) is 3.29. The van der Waals surface area contributed by atoms with Gasteiger partial charge in [-0.15, -0.1) is 0 Å². The summed E-state index contributed by atoms with van der Waals surface area (Å²) in [7, 11) is 0. The second kappa shape index (κ2) is 8.02. The second-order valence-electron chi connectivity index (χ2n) is 4.39. The highest BCUT2D eigenvalue weighted by molar-refractivity contribution is 6.33. The molecule has 0 bridgehead atoms. The molecule has 19 heavy (non-hydrogen) atoms. The largest absolute Gasteiger partial charge is 0.337 e. The molecule has 5 heteroatoms. The lowest BCUT2D eigenvalue weighted by molar-refractivity contribution is 0.248. The topological polar surface area (TPSA) is 44.4 Å². The van der Waals surface area contributed by atoms with Gasteiger partial charge in [0.15, 0.2) is 0 Å². The van der Waals surface area contributed by atoms with E-state index in [0.717, 1.165) is 25.2 Å². The van der Waals surface area contributed by atoms with E-state index in [2.05, 4.69) is 29.4 Å². The quantitative estimate of drug-likeness (QED) is 0.842. The number of nitrogens with zero attached hydrogens (tertiary/aromatic N) is 1. The Balaban J connectivity index is 2.39. The lowest BCUT2D eigenvalue weighted by Crippen LogP contribution is -2.36. The van der Waals surface area contributed by atoms with E-state index in [1.165, 1.54) is 0 Å². The lowest BCUT2D eigenvalue weighted by atomic mass is 10.2. The number of carbonyl (C=O) groups excluding carboxylic acids is 1. The molecule has 0 saturated heterocycles. The highest BCUT2D eigenvalue weighted by Crippen LogP contribution is 2.22. The van der Waals surface area contributed by atoms with Crippen LogP contribution in [0.4, 0.5) is 10.5 Å². The summed E-state index contributed by atoms with van der Waals surface area (Å²) in [6.07, 6.45) is 0. The van der Waals surface area contributed by atoms with Gasteiger partial charge in [-0.2, -0.15) is 0 Å². The van der Waals surface area contributed by atoms with Gasteiger partial charge in [-0.05, 0) is 37.7 Å². The maximum Gasteiger partial charge on any atom is 0.319 e. The predicted molar refractivity (Wildman–Crippen MR) is 81.0 cm³/mol. The van der Waals surface area contributed by atoms with E-state index in [4.69, 9.17) is 11.6 Å². The maximum absolute atomic E-state index is 11.7. The van der Waals surface area contributed by atoms with E-state index < -0.39 is 0 Å². The van der Waals surface area contributed by atoms with Gasteiger partial charge in [0.2, 0.25) is 0 Å². The fourth-order valence-corrected chi connectivity index (χ4v) is 2.04. The van der Waals surface area contributed by atoms with Crippen LogP contribution in [0.15, 0.2) is 18.2 Å². The van der Waals surface area contributed by atoms with E-state index in [9.17, 15) is 4.79 Å². The minimum Gasteiger partial charge on any atom is -0.337 e. The molecule has 106 valence electrons. The van der Waals surface area contributed by atoms with Crippen molar-refractivity contribution < 1.29 is 4.79 Å². The van der Waals surface area contributed by atoms with Crippen LogP contribution in [0.2, 0.25) is 5.02 Å². The summed E-state index contributed by atoms with van der Waals surface area (Å²) in [4.78, 5) is 14.0. The average Bonchev–Trinajstić information content (AvgIpc) is 2.38. The number of carbonyl (C=O) groups is 1.